The highest BCUT2D eigenvalue weighted by molar-refractivity contribution is 5.95. The molecular formula is C12H16N2O4. The van der Waals surface area contributed by atoms with Crippen LogP contribution in [-0.4, -0.2) is 29.1 Å². The monoisotopic (exact) mass is 252 g/mol. The van der Waals surface area contributed by atoms with Gasteiger partial charge in [-0.1, -0.05) is 13.8 Å². The van der Waals surface area contributed by atoms with Crippen molar-refractivity contribution in [1.29, 1.82) is 0 Å². The molecule has 0 saturated heterocycles. The summed E-state index contributed by atoms with van der Waals surface area (Å²) in [5.41, 5.74) is 0.425. The van der Waals surface area contributed by atoms with Gasteiger partial charge < -0.3 is 15.2 Å². The van der Waals surface area contributed by atoms with E-state index >= 15 is 0 Å². The quantitative estimate of drug-likeness (QED) is 0.826. The number of rotatable bonds is 5. The maximum atomic E-state index is 11.9. The average molecular weight is 252 g/mol. The number of amides is 1. The van der Waals surface area contributed by atoms with Crippen LogP contribution >= 0.6 is 0 Å². The highest BCUT2D eigenvalue weighted by Crippen LogP contribution is 2.22. The minimum absolute atomic E-state index is 0.293. The smallest absolute Gasteiger partial charge is 0.307 e. The molecule has 0 bridgehead atoms. The van der Waals surface area contributed by atoms with Gasteiger partial charge in [-0.25, -0.2) is 4.98 Å². The van der Waals surface area contributed by atoms with Crippen LogP contribution in [0.5, 0.6) is 5.88 Å². The Labute approximate surface area is 105 Å². The predicted octanol–water partition coefficient (Wildman–Crippen LogP) is 1.39. The first kappa shape index (κ1) is 14.0. The van der Waals surface area contributed by atoms with Crippen molar-refractivity contribution in [1.82, 2.24) is 4.98 Å². The molecule has 0 aliphatic carbocycles. The van der Waals surface area contributed by atoms with Crippen molar-refractivity contribution in [2.45, 2.75) is 13.8 Å². The number of nitrogens with one attached hydrogen (secondary N) is 1. The van der Waals surface area contributed by atoms with E-state index in [1.54, 1.807) is 19.1 Å². The molecule has 2 N–H and O–H groups in total. The number of anilines is 1. The van der Waals surface area contributed by atoms with Crippen LogP contribution in [0.4, 0.5) is 5.69 Å². The summed E-state index contributed by atoms with van der Waals surface area (Å²) < 4.78 is 4.99. The summed E-state index contributed by atoms with van der Waals surface area (Å²) in [4.78, 5) is 26.6. The van der Waals surface area contributed by atoms with Crippen molar-refractivity contribution in [3.05, 3.63) is 18.3 Å². The number of hydrogen-bond acceptors (Lipinski definition) is 4. The van der Waals surface area contributed by atoms with E-state index in [9.17, 15) is 9.59 Å². The van der Waals surface area contributed by atoms with Crippen LogP contribution in [0.1, 0.15) is 13.8 Å². The van der Waals surface area contributed by atoms with Gasteiger partial charge in [-0.05, 0) is 12.1 Å². The van der Waals surface area contributed by atoms with Crippen LogP contribution in [0.3, 0.4) is 0 Å². The fourth-order valence-corrected chi connectivity index (χ4v) is 1.34. The van der Waals surface area contributed by atoms with Gasteiger partial charge in [-0.3, -0.25) is 9.59 Å². The predicted molar refractivity (Wildman–Crippen MR) is 65.4 cm³/mol. The normalized spacial score (nSPS) is 13.5. The molecule has 6 nitrogen and oxygen atoms in total. The van der Waals surface area contributed by atoms with Crippen molar-refractivity contribution in [2.24, 2.45) is 11.8 Å². The number of aromatic nitrogens is 1. The molecule has 0 aromatic carbocycles. The Kier molecular flexibility index (Phi) is 4.65. The highest BCUT2D eigenvalue weighted by Gasteiger charge is 2.26. The van der Waals surface area contributed by atoms with Gasteiger partial charge in [-0.2, -0.15) is 0 Å². The summed E-state index contributed by atoms with van der Waals surface area (Å²) >= 11 is 0. The van der Waals surface area contributed by atoms with Gasteiger partial charge in [0.25, 0.3) is 0 Å². The molecule has 1 rings (SSSR count). The number of carboxylic acids is 1. The topological polar surface area (TPSA) is 88.5 Å². The molecule has 1 aromatic heterocycles. The summed E-state index contributed by atoms with van der Waals surface area (Å²) in [6.45, 7) is 3.06. The minimum atomic E-state index is -1.00. The number of ether oxygens (including phenoxy) is 1. The second-order valence-electron chi connectivity index (χ2n) is 3.97. The third kappa shape index (κ3) is 3.19. The first-order chi connectivity index (χ1) is 8.47. The molecule has 2 atom stereocenters. The van der Waals surface area contributed by atoms with Crippen molar-refractivity contribution in [2.75, 3.05) is 12.4 Å². The lowest BCUT2D eigenvalue weighted by Gasteiger charge is -2.16. The largest absolute Gasteiger partial charge is 0.481 e. The summed E-state index contributed by atoms with van der Waals surface area (Å²) in [6.07, 6.45) is 1.54. The molecule has 1 amide bonds. The second kappa shape index (κ2) is 6.00. The van der Waals surface area contributed by atoms with Crippen LogP contribution in [0, 0.1) is 11.8 Å². The van der Waals surface area contributed by atoms with Gasteiger partial charge in [-0.15, -0.1) is 0 Å². The summed E-state index contributed by atoms with van der Waals surface area (Å²) in [5.74, 6) is -2.49. The van der Waals surface area contributed by atoms with Crippen LogP contribution in [-0.2, 0) is 9.59 Å². The van der Waals surface area contributed by atoms with Crippen molar-refractivity contribution < 1.29 is 19.4 Å². The Bertz CT molecular complexity index is 447. The Balaban J connectivity index is 2.78. The zero-order valence-electron chi connectivity index (χ0n) is 10.5. The highest BCUT2D eigenvalue weighted by atomic mass is 16.5. The fraction of sp³-hybridized carbons (Fsp3) is 0.417. The lowest BCUT2D eigenvalue weighted by molar-refractivity contribution is -0.145. The molecule has 2 unspecified atom stereocenters. The molecule has 0 radical (unpaired) electrons. The molecule has 0 aliphatic heterocycles. The molecule has 98 valence electrons. The summed E-state index contributed by atoms with van der Waals surface area (Å²) in [6, 6.07) is 3.30. The molecule has 6 heteroatoms. The third-order valence-corrected chi connectivity index (χ3v) is 2.78. The van der Waals surface area contributed by atoms with E-state index in [1.165, 1.54) is 20.2 Å². The molecule has 0 aliphatic rings. The van der Waals surface area contributed by atoms with E-state index in [0.29, 0.717) is 11.6 Å². The van der Waals surface area contributed by atoms with Crippen LogP contribution < -0.4 is 10.1 Å². The second-order valence-corrected chi connectivity index (χ2v) is 3.97. The minimum Gasteiger partial charge on any atom is -0.481 e. The number of pyridine rings is 1. The number of carbonyl (C=O) groups is 2. The Hall–Kier alpha value is -2.11. The molecule has 0 saturated carbocycles. The van der Waals surface area contributed by atoms with E-state index in [2.05, 4.69) is 10.3 Å². The van der Waals surface area contributed by atoms with Gasteiger partial charge >= 0.3 is 5.97 Å². The van der Waals surface area contributed by atoms with Gasteiger partial charge in [0.15, 0.2) is 0 Å². The average Bonchev–Trinajstić information content (AvgIpc) is 2.37. The molecular weight excluding hydrogens is 236 g/mol. The van der Waals surface area contributed by atoms with E-state index in [-0.39, 0.29) is 5.91 Å². The number of methoxy groups -OCH3 is 1. The first-order valence-corrected chi connectivity index (χ1v) is 5.50. The number of carbonyl (C=O) groups excluding carboxylic acids is 1. The molecule has 1 aromatic rings. The zero-order chi connectivity index (χ0) is 13.7. The van der Waals surface area contributed by atoms with Crippen LogP contribution in [0.15, 0.2) is 18.3 Å². The van der Waals surface area contributed by atoms with Crippen LogP contribution in [0.25, 0.3) is 0 Å². The zero-order valence-corrected chi connectivity index (χ0v) is 10.5. The maximum Gasteiger partial charge on any atom is 0.307 e. The van der Waals surface area contributed by atoms with Crippen molar-refractivity contribution >= 4 is 17.6 Å². The van der Waals surface area contributed by atoms with Crippen molar-refractivity contribution in [3.63, 3.8) is 0 Å². The molecule has 18 heavy (non-hydrogen) atoms. The fourth-order valence-electron chi connectivity index (χ4n) is 1.34. The molecule has 1 heterocycles. The maximum absolute atomic E-state index is 11.9. The van der Waals surface area contributed by atoms with E-state index in [0.717, 1.165) is 0 Å². The van der Waals surface area contributed by atoms with Gasteiger partial charge in [0.2, 0.25) is 11.8 Å². The number of carboxylic acid groups (broad SMARTS) is 1. The lowest BCUT2D eigenvalue weighted by atomic mass is 9.95. The lowest BCUT2D eigenvalue weighted by Crippen LogP contribution is -2.30. The number of aliphatic carboxylic acids is 1. The van der Waals surface area contributed by atoms with Gasteiger partial charge in [0.1, 0.15) is 5.69 Å². The number of hydrogen-bond donors (Lipinski definition) is 2. The standard InChI is InChI=1S/C12H16N2O4/c1-7(8(2)12(16)17)10(15)14-9-5-4-6-13-11(9)18-3/h4-8H,1-3H3,(H,14,15)(H,16,17). The van der Waals surface area contributed by atoms with Gasteiger partial charge in [0.05, 0.1) is 13.0 Å². The molecule has 0 spiro atoms. The van der Waals surface area contributed by atoms with Crippen molar-refractivity contribution in [3.8, 4) is 5.88 Å². The van der Waals surface area contributed by atoms with E-state index in [4.69, 9.17) is 9.84 Å². The van der Waals surface area contributed by atoms with E-state index < -0.39 is 17.8 Å². The Morgan fingerprint density at radius 1 is 1.39 bits per heavy atom. The third-order valence-electron chi connectivity index (χ3n) is 2.78. The summed E-state index contributed by atoms with van der Waals surface area (Å²) in [7, 11) is 1.45. The molecule has 0 fully saturated rings. The first-order valence-electron chi connectivity index (χ1n) is 5.50. The van der Waals surface area contributed by atoms with Crippen LogP contribution in [0.2, 0.25) is 0 Å². The Morgan fingerprint density at radius 2 is 2.06 bits per heavy atom. The van der Waals surface area contributed by atoms with Gasteiger partial charge in [0, 0.05) is 12.1 Å². The summed E-state index contributed by atoms with van der Waals surface area (Å²) in [5, 5.41) is 11.5. The number of nitrogens with zero attached hydrogens (tertiary/aromatic N) is 1. The Morgan fingerprint density at radius 3 is 2.61 bits per heavy atom. The van der Waals surface area contributed by atoms with E-state index in [1.807, 2.05) is 0 Å². The SMILES string of the molecule is COc1ncccc1NC(=O)C(C)C(C)C(=O)O.